The van der Waals surface area contributed by atoms with Crippen LogP contribution in [0.5, 0.6) is 0 Å². The number of thioether (sulfide) groups is 1. The van der Waals surface area contributed by atoms with Gasteiger partial charge in [0.15, 0.2) is 5.16 Å². The number of benzene rings is 2. The summed E-state index contributed by atoms with van der Waals surface area (Å²) < 4.78 is 2.31. The Balaban J connectivity index is 1.66. The molecule has 146 valence electrons. The maximum atomic E-state index is 4.68. The second-order valence-electron chi connectivity index (χ2n) is 8.06. The molecule has 0 amide bonds. The summed E-state index contributed by atoms with van der Waals surface area (Å²) in [6.45, 7) is 6.49. The van der Waals surface area contributed by atoms with E-state index >= 15 is 0 Å². The predicted octanol–water partition coefficient (Wildman–Crippen LogP) is 6.53. The number of rotatable bonds is 5. The standard InChI is InChI=1S/C24H29N3S/c1-17-8-7-11-22(14-17)27-23(21-9-5-4-6-10-21)25-26-24(27)28-16-20-13-12-18(2)19(3)15-20/h7-8,11-15,21H,4-6,9-10,16H2,1-3H3. The molecule has 0 radical (unpaired) electrons. The first kappa shape index (κ1) is 19.3. The molecule has 2 aromatic carbocycles. The first-order valence-corrected chi connectivity index (χ1v) is 11.3. The molecule has 1 fully saturated rings. The fraction of sp³-hybridized carbons (Fsp3) is 0.417. The van der Waals surface area contributed by atoms with Gasteiger partial charge in [-0.15, -0.1) is 10.2 Å². The maximum Gasteiger partial charge on any atom is 0.196 e. The summed E-state index contributed by atoms with van der Waals surface area (Å²) in [5.74, 6) is 2.58. The number of nitrogens with zero attached hydrogens (tertiary/aromatic N) is 3. The lowest BCUT2D eigenvalue weighted by Gasteiger charge is -2.22. The maximum absolute atomic E-state index is 4.68. The smallest absolute Gasteiger partial charge is 0.196 e. The minimum absolute atomic E-state index is 0.526. The first-order chi connectivity index (χ1) is 13.6. The van der Waals surface area contributed by atoms with Gasteiger partial charge in [0.2, 0.25) is 0 Å². The summed E-state index contributed by atoms with van der Waals surface area (Å²) in [6.07, 6.45) is 6.41. The highest BCUT2D eigenvalue weighted by atomic mass is 32.2. The van der Waals surface area contributed by atoms with Crippen molar-refractivity contribution in [2.75, 3.05) is 0 Å². The lowest BCUT2D eigenvalue weighted by Crippen LogP contribution is -2.12. The number of aryl methyl sites for hydroxylation is 3. The molecule has 4 heteroatoms. The van der Waals surface area contributed by atoms with E-state index < -0.39 is 0 Å². The van der Waals surface area contributed by atoms with Crippen LogP contribution in [0.15, 0.2) is 47.6 Å². The summed E-state index contributed by atoms with van der Waals surface area (Å²) in [5, 5.41) is 10.3. The minimum Gasteiger partial charge on any atom is -0.274 e. The lowest BCUT2D eigenvalue weighted by molar-refractivity contribution is 0.423. The highest BCUT2D eigenvalue weighted by Gasteiger charge is 2.24. The largest absolute Gasteiger partial charge is 0.274 e. The normalized spacial score (nSPS) is 15.1. The van der Waals surface area contributed by atoms with Crippen LogP contribution in [-0.2, 0) is 5.75 Å². The SMILES string of the molecule is Cc1cccc(-n2c(SCc3ccc(C)c(C)c3)nnc2C2CCCCC2)c1. The Morgan fingerprint density at radius 3 is 2.50 bits per heavy atom. The van der Waals surface area contributed by atoms with Crippen LogP contribution in [0, 0.1) is 20.8 Å². The second-order valence-corrected chi connectivity index (χ2v) is 9.00. The number of aromatic nitrogens is 3. The summed E-state index contributed by atoms with van der Waals surface area (Å²) >= 11 is 1.79. The zero-order chi connectivity index (χ0) is 19.5. The molecule has 3 aromatic rings. The van der Waals surface area contributed by atoms with Crippen molar-refractivity contribution >= 4 is 11.8 Å². The average Bonchev–Trinajstić information content (AvgIpc) is 3.13. The molecule has 0 N–H and O–H groups in total. The Morgan fingerprint density at radius 1 is 0.929 bits per heavy atom. The van der Waals surface area contributed by atoms with Gasteiger partial charge in [-0.2, -0.15) is 0 Å². The van der Waals surface area contributed by atoms with Crippen LogP contribution in [0.1, 0.15) is 66.1 Å². The van der Waals surface area contributed by atoms with Crippen molar-refractivity contribution in [1.82, 2.24) is 14.8 Å². The molecule has 0 saturated heterocycles. The predicted molar refractivity (Wildman–Crippen MR) is 117 cm³/mol. The van der Waals surface area contributed by atoms with Crippen LogP contribution in [0.2, 0.25) is 0 Å². The van der Waals surface area contributed by atoms with Gasteiger partial charge in [0.05, 0.1) is 0 Å². The Labute approximate surface area is 172 Å². The number of hydrogen-bond acceptors (Lipinski definition) is 3. The summed E-state index contributed by atoms with van der Waals surface area (Å²) in [6, 6.07) is 15.4. The van der Waals surface area contributed by atoms with Crippen LogP contribution in [0.3, 0.4) is 0 Å². The van der Waals surface area contributed by atoms with E-state index in [0.29, 0.717) is 5.92 Å². The molecule has 28 heavy (non-hydrogen) atoms. The molecule has 4 rings (SSSR count). The van der Waals surface area contributed by atoms with E-state index in [4.69, 9.17) is 0 Å². The Bertz CT molecular complexity index is 954. The van der Waals surface area contributed by atoms with E-state index in [0.717, 1.165) is 16.7 Å². The molecule has 0 unspecified atom stereocenters. The quantitative estimate of drug-likeness (QED) is 0.463. The van der Waals surface area contributed by atoms with Crippen molar-refractivity contribution in [3.8, 4) is 5.69 Å². The topological polar surface area (TPSA) is 30.7 Å². The molecule has 1 aromatic heterocycles. The average molecular weight is 392 g/mol. The third-order valence-corrected chi connectivity index (χ3v) is 6.83. The molecule has 0 spiro atoms. The highest BCUT2D eigenvalue weighted by molar-refractivity contribution is 7.98. The third-order valence-electron chi connectivity index (χ3n) is 5.83. The van der Waals surface area contributed by atoms with Gasteiger partial charge in [0.1, 0.15) is 5.82 Å². The van der Waals surface area contributed by atoms with Gasteiger partial charge in [0, 0.05) is 17.4 Å². The summed E-state index contributed by atoms with van der Waals surface area (Å²) in [7, 11) is 0. The van der Waals surface area contributed by atoms with Crippen LogP contribution < -0.4 is 0 Å². The molecule has 1 aliphatic carbocycles. The molecule has 0 bridgehead atoms. The van der Waals surface area contributed by atoms with Gasteiger partial charge in [-0.1, -0.05) is 61.4 Å². The fourth-order valence-corrected chi connectivity index (χ4v) is 4.95. The third kappa shape index (κ3) is 4.17. The zero-order valence-electron chi connectivity index (χ0n) is 17.1. The van der Waals surface area contributed by atoms with Crippen LogP contribution >= 0.6 is 11.8 Å². The van der Waals surface area contributed by atoms with Gasteiger partial charge in [0.25, 0.3) is 0 Å². The van der Waals surface area contributed by atoms with Gasteiger partial charge in [-0.05, 0) is 68.0 Å². The zero-order valence-corrected chi connectivity index (χ0v) is 17.9. The molecule has 0 aliphatic heterocycles. The van der Waals surface area contributed by atoms with Crippen LogP contribution in [0.4, 0.5) is 0 Å². The van der Waals surface area contributed by atoms with Gasteiger partial charge >= 0.3 is 0 Å². The lowest BCUT2D eigenvalue weighted by atomic mass is 9.88. The molecule has 3 nitrogen and oxygen atoms in total. The van der Waals surface area contributed by atoms with Crippen LogP contribution in [0.25, 0.3) is 5.69 Å². The summed E-state index contributed by atoms with van der Waals surface area (Å²) in [4.78, 5) is 0. The van der Waals surface area contributed by atoms with Gasteiger partial charge in [-0.3, -0.25) is 4.57 Å². The monoisotopic (exact) mass is 391 g/mol. The summed E-state index contributed by atoms with van der Waals surface area (Å²) in [5.41, 5.74) is 6.49. The van der Waals surface area contributed by atoms with Gasteiger partial charge in [-0.25, -0.2) is 0 Å². The van der Waals surface area contributed by atoms with Crippen molar-refractivity contribution in [2.24, 2.45) is 0 Å². The fourth-order valence-electron chi connectivity index (χ4n) is 4.05. The van der Waals surface area contributed by atoms with Crippen molar-refractivity contribution < 1.29 is 0 Å². The van der Waals surface area contributed by atoms with E-state index in [-0.39, 0.29) is 0 Å². The molecule has 1 saturated carbocycles. The molecule has 1 aliphatic rings. The molecular weight excluding hydrogens is 362 g/mol. The molecule has 1 heterocycles. The molecular formula is C24H29N3S. The molecule has 0 atom stereocenters. The van der Waals surface area contributed by atoms with E-state index in [1.165, 1.54) is 60.0 Å². The van der Waals surface area contributed by atoms with Crippen LogP contribution in [-0.4, -0.2) is 14.8 Å². The second kappa shape index (κ2) is 8.52. The Hall–Kier alpha value is -2.07. The van der Waals surface area contributed by atoms with E-state index in [1.807, 2.05) is 0 Å². The van der Waals surface area contributed by atoms with Crippen molar-refractivity contribution in [3.05, 3.63) is 70.5 Å². The number of hydrogen-bond donors (Lipinski definition) is 0. The van der Waals surface area contributed by atoms with Crippen molar-refractivity contribution in [1.29, 1.82) is 0 Å². The highest BCUT2D eigenvalue weighted by Crippen LogP contribution is 2.35. The van der Waals surface area contributed by atoms with E-state index in [9.17, 15) is 0 Å². The van der Waals surface area contributed by atoms with E-state index in [1.54, 1.807) is 11.8 Å². The minimum atomic E-state index is 0.526. The Kier molecular flexibility index (Phi) is 5.86. The Morgan fingerprint density at radius 2 is 1.75 bits per heavy atom. The van der Waals surface area contributed by atoms with E-state index in [2.05, 4.69) is 78.0 Å². The van der Waals surface area contributed by atoms with Gasteiger partial charge < -0.3 is 0 Å². The van der Waals surface area contributed by atoms with Crippen molar-refractivity contribution in [3.63, 3.8) is 0 Å². The van der Waals surface area contributed by atoms with Crippen molar-refractivity contribution in [2.45, 2.75) is 69.7 Å². The first-order valence-electron chi connectivity index (χ1n) is 10.3.